The Bertz CT molecular complexity index is 980. The summed E-state index contributed by atoms with van der Waals surface area (Å²) in [5, 5.41) is 2.90. The van der Waals surface area contributed by atoms with E-state index in [-0.39, 0.29) is 30.0 Å². The van der Waals surface area contributed by atoms with E-state index in [1.165, 1.54) is 16.4 Å². The number of hydrogen-bond acceptors (Lipinski definition) is 5. The van der Waals surface area contributed by atoms with Gasteiger partial charge in [0.15, 0.2) is 0 Å². The summed E-state index contributed by atoms with van der Waals surface area (Å²) in [6, 6.07) is 11.6. The molecular formula is C22H27FN2O5S. The van der Waals surface area contributed by atoms with Gasteiger partial charge in [-0.05, 0) is 68.3 Å². The van der Waals surface area contributed by atoms with Crippen molar-refractivity contribution in [3.05, 3.63) is 54.3 Å². The van der Waals surface area contributed by atoms with Crippen LogP contribution in [0.25, 0.3) is 0 Å². The minimum Gasteiger partial charge on any atom is -0.497 e. The zero-order chi connectivity index (χ0) is 22.4. The summed E-state index contributed by atoms with van der Waals surface area (Å²) in [6.07, 6.45) is 1.18. The smallest absolute Gasteiger partial charge is 0.243 e. The fourth-order valence-corrected chi connectivity index (χ4v) is 4.95. The number of methoxy groups -OCH3 is 1. The van der Waals surface area contributed by atoms with Crippen molar-refractivity contribution in [2.45, 2.75) is 30.7 Å². The van der Waals surface area contributed by atoms with Gasteiger partial charge in [0, 0.05) is 13.1 Å². The van der Waals surface area contributed by atoms with Crippen molar-refractivity contribution >= 4 is 15.9 Å². The molecule has 31 heavy (non-hydrogen) atoms. The molecule has 2 aromatic rings. The molecule has 7 nitrogen and oxygen atoms in total. The van der Waals surface area contributed by atoms with Crippen LogP contribution in [0.4, 0.5) is 4.39 Å². The van der Waals surface area contributed by atoms with Crippen molar-refractivity contribution < 1.29 is 27.1 Å². The molecule has 1 saturated heterocycles. The van der Waals surface area contributed by atoms with Gasteiger partial charge in [0.25, 0.3) is 0 Å². The molecule has 2 aromatic carbocycles. The van der Waals surface area contributed by atoms with E-state index in [1.807, 2.05) is 6.92 Å². The minimum atomic E-state index is -3.77. The Morgan fingerprint density at radius 1 is 1.16 bits per heavy atom. The lowest BCUT2D eigenvalue weighted by atomic mass is 9.98. The molecule has 168 valence electrons. The van der Waals surface area contributed by atoms with Crippen molar-refractivity contribution in [3.63, 3.8) is 0 Å². The lowest BCUT2D eigenvalue weighted by Crippen LogP contribution is -2.48. The summed E-state index contributed by atoms with van der Waals surface area (Å²) >= 11 is 0. The van der Waals surface area contributed by atoms with Crippen LogP contribution in [0, 0.1) is 11.7 Å². The highest BCUT2D eigenvalue weighted by molar-refractivity contribution is 7.89. The molecule has 0 radical (unpaired) electrons. The predicted octanol–water partition coefficient (Wildman–Crippen LogP) is 2.82. The average molecular weight is 451 g/mol. The molecule has 1 aliphatic rings. The van der Waals surface area contributed by atoms with E-state index in [0.29, 0.717) is 25.1 Å². The van der Waals surface area contributed by atoms with Gasteiger partial charge in [-0.1, -0.05) is 0 Å². The van der Waals surface area contributed by atoms with Gasteiger partial charge >= 0.3 is 0 Å². The standard InChI is InChI=1S/C22H27FN2O5S/c1-16(15-30-20-9-7-19(29-2)8-10-20)24-22(26)17-4-3-13-25(14-17)31(27,28)21-11-5-18(23)6-12-21/h5-12,16-17H,3-4,13-15H2,1-2H3,(H,24,26)/t16-,17-/m0/s1. The number of ether oxygens (including phenoxy) is 2. The maximum atomic E-state index is 13.1. The van der Waals surface area contributed by atoms with Crippen LogP contribution in [0.5, 0.6) is 11.5 Å². The van der Waals surface area contributed by atoms with Gasteiger partial charge in [0.2, 0.25) is 15.9 Å². The number of sulfonamides is 1. The molecule has 0 bridgehead atoms. The molecular weight excluding hydrogens is 423 g/mol. The summed E-state index contributed by atoms with van der Waals surface area (Å²) in [5.41, 5.74) is 0. The van der Waals surface area contributed by atoms with Crippen molar-refractivity contribution in [2.75, 3.05) is 26.8 Å². The fourth-order valence-electron chi connectivity index (χ4n) is 3.43. The number of piperidine rings is 1. The second-order valence-corrected chi connectivity index (χ2v) is 9.49. The Balaban J connectivity index is 1.54. The van der Waals surface area contributed by atoms with E-state index in [2.05, 4.69) is 5.32 Å². The second-order valence-electron chi connectivity index (χ2n) is 7.55. The first kappa shape index (κ1) is 23.0. The largest absolute Gasteiger partial charge is 0.497 e. The van der Waals surface area contributed by atoms with Crippen LogP contribution in [0.3, 0.4) is 0 Å². The Labute approximate surface area is 182 Å². The molecule has 1 aliphatic heterocycles. The topological polar surface area (TPSA) is 84.9 Å². The van der Waals surface area contributed by atoms with Crippen molar-refractivity contribution in [1.29, 1.82) is 0 Å². The molecule has 1 N–H and O–H groups in total. The second kappa shape index (κ2) is 10.1. The summed E-state index contributed by atoms with van der Waals surface area (Å²) in [6.45, 7) is 2.54. The van der Waals surface area contributed by atoms with Gasteiger partial charge in [-0.2, -0.15) is 4.31 Å². The van der Waals surface area contributed by atoms with Crippen LogP contribution < -0.4 is 14.8 Å². The van der Waals surface area contributed by atoms with E-state index in [9.17, 15) is 17.6 Å². The molecule has 1 fully saturated rings. The normalized spacial score (nSPS) is 18.2. The fraction of sp³-hybridized carbons (Fsp3) is 0.409. The summed E-state index contributed by atoms with van der Waals surface area (Å²) in [5.74, 6) is 0.236. The number of nitrogens with one attached hydrogen (secondary N) is 1. The van der Waals surface area contributed by atoms with Crippen molar-refractivity contribution in [1.82, 2.24) is 9.62 Å². The van der Waals surface area contributed by atoms with Crippen LogP contribution in [0.15, 0.2) is 53.4 Å². The first-order valence-electron chi connectivity index (χ1n) is 10.1. The maximum Gasteiger partial charge on any atom is 0.243 e. The van der Waals surface area contributed by atoms with Gasteiger partial charge in [-0.3, -0.25) is 4.79 Å². The van der Waals surface area contributed by atoms with Gasteiger partial charge in [-0.25, -0.2) is 12.8 Å². The van der Waals surface area contributed by atoms with Gasteiger partial charge in [0.05, 0.1) is 24.0 Å². The molecule has 0 unspecified atom stereocenters. The summed E-state index contributed by atoms with van der Waals surface area (Å²) in [7, 11) is -2.19. The quantitative estimate of drug-likeness (QED) is 0.669. The number of carbonyl (C=O) groups is 1. The van der Waals surface area contributed by atoms with E-state index in [4.69, 9.17) is 9.47 Å². The average Bonchev–Trinajstić information content (AvgIpc) is 2.78. The van der Waals surface area contributed by atoms with Crippen LogP contribution in [-0.2, 0) is 14.8 Å². The number of amides is 1. The molecule has 1 heterocycles. The Hall–Kier alpha value is -2.65. The predicted molar refractivity (Wildman–Crippen MR) is 114 cm³/mol. The maximum absolute atomic E-state index is 13.1. The molecule has 0 aromatic heterocycles. The third-order valence-electron chi connectivity index (χ3n) is 5.15. The van der Waals surface area contributed by atoms with Crippen molar-refractivity contribution in [3.8, 4) is 11.5 Å². The summed E-state index contributed by atoms with van der Waals surface area (Å²) < 4.78 is 50.9. The van der Waals surface area contributed by atoms with Crippen molar-refractivity contribution in [2.24, 2.45) is 5.92 Å². The monoisotopic (exact) mass is 450 g/mol. The highest BCUT2D eigenvalue weighted by atomic mass is 32.2. The molecule has 2 atom stereocenters. The van der Waals surface area contributed by atoms with Gasteiger partial charge < -0.3 is 14.8 Å². The first-order valence-corrected chi connectivity index (χ1v) is 11.6. The number of benzene rings is 2. The summed E-state index contributed by atoms with van der Waals surface area (Å²) in [4.78, 5) is 12.7. The zero-order valence-electron chi connectivity index (χ0n) is 17.6. The van der Waals surface area contributed by atoms with Crippen LogP contribution in [0.2, 0.25) is 0 Å². The van der Waals surface area contributed by atoms with Crippen LogP contribution in [-0.4, -0.2) is 51.5 Å². The molecule has 0 saturated carbocycles. The third-order valence-corrected chi connectivity index (χ3v) is 7.03. The lowest BCUT2D eigenvalue weighted by molar-refractivity contribution is -0.126. The number of rotatable bonds is 8. The van der Waals surface area contributed by atoms with E-state index in [1.54, 1.807) is 31.4 Å². The van der Waals surface area contributed by atoms with Gasteiger partial charge in [0.1, 0.15) is 23.9 Å². The SMILES string of the molecule is COc1ccc(OC[C@H](C)NC(=O)[C@H]2CCCN(S(=O)(=O)c3ccc(F)cc3)C2)cc1. The van der Waals surface area contributed by atoms with E-state index < -0.39 is 21.8 Å². The highest BCUT2D eigenvalue weighted by Crippen LogP contribution is 2.24. The number of hydrogen-bond donors (Lipinski definition) is 1. The molecule has 0 aliphatic carbocycles. The molecule has 3 rings (SSSR count). The Morgan fingerprint density at radius 3 is 2.45 bits per heavy atom. The molecule has 1 amide bonds. The van der Waals surface area contributed by atoms with Crippen LogP contribution in [0.1, 0.15) is 19.8 Å². The Kier molecular flexibility index (Phi) is 7.50. The molecule has 0 spiro atoms. The first-order chi connectivity index (χ1) is 14.8. The lowest BCUT2D eigenvalue weighted by Gasteiger charge is -2.31. The number of halogens is 1. The number of carbonyl (C=O) groups excluding carboxylic acids is 1. The minimum absolute atomic E-state index is 0.0243. The zero-order valence-corrected chi connectivity index (χ0v) is 18.4. The Morgan fingerprint density at radius 2 is 1.81 bits per heavy atom. The van der Waals surface area contributed by atoms with Gasteiger partial charge in [-0.15, -0.1) is 0 Å². The third kappa shape index (κ3) is 5.95. The molecule has 9 heteroatoms. The van der Waals surface area contributed by atoms with E-state index in [0.717, 1.165) is 17.9 Å². The highest BCUT2D eigenvalue weighted by Gasteiger charge is 2.33. The van der Waals surface area contributed by atoms with E-state index >= 15 is 0 Å². The van der Waals surface area contributed by atoms with Crippen LogP contribution >= 0.6 is 0 Å². The number of nitrogens with zero attached hydrogens (tertiary/aromatic N) is 1.